The predicted octanol–water partition coefficient (Wildman–Crippen LogP) is 2.77. The van der Waals surface area contributed by atoms with Crippen molar-refractivity contribution in [1.29, 1.82) is 0 Å². The summed E-state index contributed by atoms with van der Waals surface area (Å²) < 4.78 is 5.20. The molecular weight excluding hydrogens is 308 g/mol. The van der Waals surface area contributed by atoms with Crippen LogP contribution in [-0.2, 0) is 9.53 Å². The van der Waals surface area contributed by atoms with Crippen LogP contribution >= 0.6 is 23.8 Å². The lowest BCUT2D eigenvalue weighted by Crippen LogP contribution is -2.39. The molecule has 0 aliphatic rings. The number of nitrogens with one attached hydrogen (secondary N) is 2. The second kappa shape index (κ2) is 10.3. The molecule has 0 aliphatic heterocycles. The molecule has 0 heterocycles. The molecule has 2 N–H and O–H groups in total. The Kier molecular flexibility index (Phi) is 8.66. The zero-order valence-corrected chi connectivity index (χ0v) is 13.5. The van der Waals surface area contributed by atoms with Crippen LogP contribution in [0.4, 0.5) is 0 Å². The lowest BCUT2D eigenvalue weighted by Gasteiger charge is -2.07. The number of ether oxygens (including phenoxy) is 1. The Morgan fingerprint density at radius 2 is 2.10 bits per heavy atom. The average Bonchev–Trinajstić information content (AvgIpc) is 2.46. The molecule has 0 bridgehead atoms. The Labute approximate surface area is 135 Å². The number of carbonyl (C=O) groups excluding carboxylic acids is 1. The van der Waals surface area contributed by atoms with Gasteiger partial charge in [0.25, 0.3) is 0 Å². The Morgan fingerprint density at radius 3 is 2.76 bits per heavy atom. The number of thiocarbonyl (C=S) groups is 1. The fraction of sp³-hybridized carbons (Fsp3) is 0.333. The van der Waals surface area contributed by atoms with Gasteiger partial charge in [-0.3, -0.25) is 10.1 Å². The lowest BCUT2D eigenvalue weighted by molar-refractivity contribution is -0.115. The van der Waals surface area contributed by atoms with E-state index in [1.807, 2.05) is 19.1 Å². The van der Waals surface area contributed by atoms with E-state index in [1.165, 1.54) is 6.08 Å². The normalized spacial score (nSPS) is 10.6. The number of rotatable bonds is 7. The summed E-state index contributed by atoms with van der Waals surface area (Å²) in [6.07, 6.45) is 3.96. The number of benzene rings is 1. The standard InChI is InChI=1S/C15H19ClN2O2S/c1-2-20-11-3-10-17-15(21)18-14(19)9-6-12-4-7-13(16)8-5-12/h4-9H,2-3,10-11H2,1H3,(H2,17,18,19,21)/b9-6+. The molecule has 0 aromatic heterocycles. The largest absolute Gasteiger partial charge is 0.382 e. The van der Waals surface area contributed by atoms with E-state index in [2.05, 4.69) is 10.6 Å². The summed E-state index contributed by atoms with van der Waals surface area (Å²) in [6.45, 7) is 4.00. The van der Waals surface area contributed by atoms with E-state index >= 15 is 0 Å². The van der Waals surface area contributed by atoms with Crippen LogP contribution in [0, 0.1) is 0 Å². The van der Waals surface area contributed by atoms with Crippen LogP contribution in [0.2, 0.25) is 5.02 Å². The van der Waals surface area contributed by atoms with Gasteiger partial charge in [-0.25, -0.2) is 0 Å². The first kappa shape index (κ1) is 17.6. The molecule has 0 unspecified atom stereocenters. The van der Waals surface area contributed by atoms with Gasteiger partial charge in [0.1, 0.15) is 0 Å². The minimum atomic E-state index is -0.271. The van der Waals surface area contributed by atoms with E-state index in [1.54, 1.807) is 18.2 Å². The molecule has 0 spiro atoms. The van der Waals surface area contributed by atoms with Gasteiger partial charge < -0.3 is 10.1 Å². The topological polar surface area (TPSA) is 50.4 Å². The van der Waals surface area contributed by atoms with Crippen molar-refractivity contribution in [2.75, 3.05) is 19.8 Å². The summed E-state index contributed by atoms with van der Waals surface area (Å²) in [6, 6.07) is 7.19. The third kappa shape index (κ3) is 8.45. The van der Waals surface area contributed by atoms with Crippen molar-refractivity contribution in [2.24, 2.45) is 0 Å². The van der Waals surface area contributed by atoms with Gasteiger partial charge in [-0.05, 0) is 49.3 Å². The van der Waals surface area contributed by atoms with Gasteiger partial charge in [0.2, 0.25) is 5.91 Å². The fourth-order valence-electron chi connectivity index (χ4n) is 1.46. The summed E-state index contributed by atoms with van der Waals surface area (Å²) in [5.74, 6) is -0.271. The average molecular weight is 327 g/mol. The molecule has 0 aliphatic carbocycles. The molecule has 21 heavy (non-hydrogen) atoms. The monoisotopic (exact) mass is 326 g/mol. The summed E-state index contributed by atoms with van der Waals surface area (Å²) in [5, 5.41) is 6.50. The van der Waals surface area contributed by atoms with Crippen LogP contribution in [-0.4, -0.2) is 30.8 Å². The van der Waals surface area contributed by atoms with Crippen LogP contribution < -0.4 is 10.6 Å². The summed E-state index contributed by atoms with van der Waals surface area (Å²) in [4.78, 5) is 11.7. The molecule has 1 aromatic rings. The number of halogens is 1. The summed E-state index contributed by atoms with van der Waals surface area (Å²) in [7, 11) is 0. The SMILES string of the molecule is CCOCCCNC(=S)NC(=O)/C=C/c1ccc(Cl)cc1. The van der Waals surface area contributed by atoms with E-state index in [-0.39, 0.29) is 5.91 Å². The lowest BCUT2D eigenvalue weighted by atomic mass is 10.2. The maximum atomic E-state index is 11.7. The van der Waals surface area contributed by atoms with Crippen molar-refractivity contribution in [2.45, 2.75) is 13.3 Å². The molecule has 0 radical (unpaired) electrons. The van der Waals surface area contributed by atoms with Crippen molar-refractivity contribution >= 4 is 40.9 Å². The summed E-state index contributed by atoms with van der Waals surface area (Å²) >= 11 is 10.8. The number of amides is 1. The van der Waals surface area contributed by atoms with Gasteiger partial charge in [0.05, 0.1) is 0 Å². The van der Waals surface area contributed by atoms with Gasteiger partial charge in [0, 0.05) is 30.9 Å². The first-order valence-corrected chi connectivity index (χ1v) is 7.50. The van der Waals surface area contributed by atoms with Crippen molar-refractivity contribution in [3.63, 3.8) is 0 Å². The van der Waals surface area contributed by atoms with Crippen molar-refractivity contribution in [1.82, 2.24) is 10.6 Å². The molecule has 0 saturated heterocycles. The van der Waals surface area contributed by atoms with Gasteiger partial charge in [-0.2, -0.15) is 0 Å². The quantitative estimate of drug-likeness (QED) is 0.459. The molecule has 1 rings (SSSR count). The molecule has 0 atom stereocenters. The number of carbonyl (C=O) groups is 1. The molecule has 1 amide bonds. The molecule has 4 nitrogen and oxygen atoms in total. The Bertz CT molecular complexity index is 489. The maximum absolute atomic E-state index is 11.7. The second-order valence-electron chi connectivity index (χ2n) is 4.18. The van der Waals surface area contributed by atoms with Crippen molar-refractivity contribution in [3.05, 3.63) is 40.9 Å². The zero-order chi connectivity index (χ0) is 15.5. The van der Waals surface area contributed by atoms with E-state index in [9.17, 15) is 4.79 Å². The van der Waals surface area contributed by atoms with Gasteiger partial charge >= 0.3 is 0 Å². The fourth-order valence-corrected chi connectivity index (χ4v) is 1.79. The highest BCUT2D eigenvalue weighted by atomic mass is 35.5. The van der Waals surface area contributed by atoms with Crippen LogP contribution in [0.15, 0.2) is 30.3 Å². The second-order valence-corrected chi connectivity index (χ2v) is 5.03. The highest BCUT2D eigenvalue weighted by molar-refractivity contribution is 7.80. The van der Waals surface area contributed by atoms with Crippen molar-refractivity contribution < 1.29 is 9.53 Å². The minimum absolute atomic E-state index is 0.271. The number of hydrogen-bond acceptors (Lipinski definition) is 3. The van der Waals surface area contributed by atoms with Crippen LogP contribution in [0.5, 0.6) is 0 Å². The third-order valence-corrected chi connectivity index (χ3v) is 2.99. The molecule has 1 aromatic carbocycles. The van der Waals surface area contributed by atoms with Crippen molar-refractivity contribution in [3.8, 4) is 0 Å². The van der Waals surface area contributed by atoms with E-state index < -0.39 is 0 Å². The third-order valence-electron chi connectivity index (χ3n) is 2.49. The predicted molar refractivity (Wildman–Crippen MR) is 90.3 cm³/mol. The smallest absolute Gasteiger partial charge is 0.250 e. The Hall–Kier alpha value is -1.43. The molecule has 0 saturated carbocycles. The Morgan fingerprint density at radius 1 is 1.38 bits per heavy atom. The van der Waals surface area contributed by atoms with Crippen LogP contribution in [0.25, 0.3) is 6.08 Å². The zero-order valence-electron chi connectivity index (χ0n) is 11.9. The van der Waals surface area contributed by atoms with Gasteiger partial charge in [0.15, 0.2) is 5.11 Å². The first-order valence-electron chi connectivity index (χ1n) is 6.72. The Balaban J connectivity index is 2.26. The highest BCUT2D eigenvalue weighted by Gasteiger charge is 2.00. The van der Waals surface area contributed by atoms with Gasteiger partial charge in [-0.15, -0.1) is 0 Å². The minimum Gasteiger partial charge on any atom is -0.382 e. The van der Waals surface area contributed by atoms with Crippen LogP contribution in [0.1, 0.15) is 18.9 Å². The maximum Gasteiger partial charge on any atom is 0.250 e. The van der Waals surface area contributed by atoms with Gasteiger partial charge in [-0.1, -0.05) is 23.7 Å². The molecule has 0 fully saturated rings. The first-order chi connectivity index (χ1) is 10.1. The number of hydrogen-bond donors (Lipinski definition) is 2. The van der Waals surface area contributed by atoms with Crippen LogP contribution in [0.3, 0.4) is 0 Å². The molecular formula is C15H19ClN2O2S. The highest BCUT2D eigenvalue weighted by Crippen LogP contribution is 2.10. The van der Waals surface area contributed by atoms with E-state index in [4.69, 9.17) is 28.6 Å². The molecule has 6 heteroatoms. The summed E-state index contributed by atoms with van der Waals surface area (Å²) in [5.41, 5.74) is 0.894. The van der Waals surface area contributed by atoms with E-state index in [0.717, 1.165) is 12.0 Å². The molecule has 114 valence electrons. The van der Waals surface area contributed by atoms with E-state index in [0.29, 0.717) is 29.9 Å².